The number of benzene rings is 2. The molecule has 34 heavy (non-hydrogen) atoms. The van der Waals surface area contributed by atoms with E-state index < -0.39 is 35.8 Å². The number of morpholine rings is 1. The molecule has 1 aliphatic rings. The fraction of sp³-hybridized carbons (Fsp3) is 0.318. The van der Waals surface area contributed by atoms with Gasteiger partial charge in [-0.1, -0.05) is 0 Å². The first kappa shape index (κ1) is 24.8. The van der Waals surface area contributed by atoms with E-state index in [1.807, 2.05) is 0 Å². The molecule has 3 rings (SSSR count). The fourth-order valence-electron chi connectivity index (χ4n) is 3.24. The Bertz CT molecular complexity index is 1050. The van der Waals surface area contributed by atoms with Crippen molar-refractivity contribution in [1.82, 2.24) is 0 Å². The average Bonchev–Trinajstić information content (AvgIpc) is 2.79. The number of carbonyl (C=O) groups is 3. The van der Waals surface area contributed by atoms with Crippen molar-refractivity contribution < 1.29 is 37.0 Å². The second-order valence-corrected chi connectivity index (χ2v) is 7.43. The monoisotopic (exact) mass is 480 g/mol. The third-order valence-corrected chi connectivity index (χ3v) is 4.97. The molecule has 1 heterocycles. The predicted octanol–water partition coefficient (Wildman–Crippen LogP) is 3.22. The zero-order chi connectivity index (χ0) is 24.9. The number of alkyl halides is 3. The van der Waals surface area contributed by atoms with E-state index in [-0.39, 0.29) is 11.3 Å². The number of nitrogens with zero attached hydrogens (tertiary/aromatic N) is 1. The van der Waals surface area contributed by atoms with Crippen molar-refractivity contribution in [2.24, 2.45) is 5.73 Å². The summed E-state index contributed by atoms with van der Waals surface area (Å²) in [5, 5.41) is 4.78. The molecular formula is C22H23F3N4O5. The van der Waals surface area contributed by atoms with Crippen LogP contribution in [0.25, 0.3) is 0 Å². The van der Waals surface area contributed by atoms with Crippen LogP contribution in [0.1, 0.15) is 22.8 Å². The summed E-state index contributed by atoms with van der Waals surface area (Å²) in [5.74, 6) is -1.63. The molecular weight excluding hydrogens is 457 g/mol. The lowest BCUT2D eigenvalue weighted by molar-refractivity contribution is -0.137. The van der Waals surface area contributed by atoms with Gasteiger partial charge in [0, 0.05) is 18.8 Å². The summed E-state index contributed by atoms with van der Waals surface area (Å²) in [6.45, 7) is 2.99. The van der Waals surface area contributed by atoms with Crippen LogP contribution in [-0.2, 0) is 20.4 Å². The molecule has 1 atom stereocenters. The van der Waals surface area contributed by atoms with Crippen LogP contribution < -0.4 is 21.3 Å². The number of anilines is 3. The molecule has 4 N–H and O–H groups in total. The molecule has 182 valence electrons. The number of urea groups is 1. The standard InChI is InChI=1S/C22H23F3N4O5/c1-13(34-20(31)14-2-5-16(6-3-14)27-21(26)32)19(30)28-17-12-15(22(23,24)25)4-7-18(17)29-8-10-33-11-9-29/h2-7,12-13H,8-11H2,1H3,(H,28,30)(H3,26,27,32). The van der Waals surface area contributed by atoms with Crippen LogP contribution in [0.15, 0.2) is 42.5 Å². The summed E-state index contributed by atoms with van der Waals surface area (Å²) < 4.78 is 50.2. The Hall–Kier alpha value is -3.80. The molecule has 0 radical (unpaired) electrons. The Morgan fingerprint density at radius 3 is 2.29 bits per heavy atom. The minimum atomic E-state index is -4.60. The number of hydrogen-bond donors (Lipinski definition) is 3. The first-order chi connectivity index (χ1) is 16.0. The van der Waals surface area contributed by atoms with E-state index in [9.17, 15) is 27.6 Å². The van der Waals surface area contributed by atoms with Gasteiger partial charge in [-0.25, -0.2) is 9.59 Å². The van der Waals surface area contributed by atoms with Crippen molar-refractivity contribution in [2.75, 3.05) is 41.8 Å². The van der Waals surface area contributed by atoms with Gasteiger partial charge in [-0.3, -0.25) is 4.79 Å². The molecule has 3 amide bonds. The van der Waals surface area contributed by atoms with Gasteiger partial charge in [-0.15, -0.1) is 0 Å². The van der Waals surface area contributed by atoms with Crippen molar-refractivity contribution in [1.29, 1.82) is 0 Å². The second kappa shape index (κ2) is 10.4. The smallest absolute Gasteiger partial charge is 0.416 e. The maximum Gasteiger partial charge on any atom is 0.416 e. The minimum Gasteiger partial charge on any atom is -0.449 e. The number of amides is 3. The molecule has 0 saturated carbocycles. The number of primary amides is 1. The highest BCUT2D eigenvalue weighted by molar-refractivity contribution is 5.99. The van der Waals surface area contributed by atoms with Gasteiger partial charge in [0.2, 0.25) is 0 Å². The molecule has 2 aromatic rings. The molecule has 1 unspecified atom stereocenters. The molecule has 12 heteroatoms. The average molecular weight is 480 g/mol. The van der Waals surface area contributed by atoms with Gasteiger partial charge in [0.15, 0.2) is 6.10 Å². The third kappa shape index (κ3) is 6.38. The highest BCUT2D eigenvalue weighted by Crippen LogP contribution is 2.36. The van der Waals surface area contributed by atoms with Gasteiger partial charge in [0.1, 0.15) is 0 Å². The van der Waals surface area contributed by atoms with Gasteiger partial charge in [-0.2, -0.15) is 13.2 Å². The molecule has 9 nitrogen and oxygen atoms in total. The van der Waals surface area contributed by atoms with Crippen LogP contribution in [0.2, 0.25) is 0 Å². The summed E-state index contributed by atoms with van der Waals surface area (Å²) >= 11 is 0. The highest BCUT2D eigenvalue weighted by atomic mass is 19.4. The summed E-state index contributed by atoms with van der Waals surface area (Å²) in [6, 6.07) is 7.88. The number of esters is 1. The van der Waals surface area contributed by atoms with Crippen LogP contribution in [0.5, 0.6) is 0 Å². The summed E-state index contributed by atoms with van der Waals surface area (Å²) in [5.41, 5.74) is 4.91. The fourth-order valence-corrected chi connectivity index (χ4v) is 3.24. The van der Waals surface area contributed by atoms with E-state index in [1.54, 1.807) is 4.90 Å². The topological polar surface area (TPSA) is 123 Å². The predicted molar refractivity (Wildman–Crippen MR) is 118 cm³/mol. The number of halogens is 3. The number of hydrogen-bond acceptors (Lipinski definition) is 6. The zero-order valence-electron chi connectivity index (χ0n) is 18.1. The Morgan fingerprint density at radius 1 is 1.06 bits per heavy atom. The number of rotatable bonds is 6. The SMILES string of the molecule is CC(OC(=O)c1ccc(NC(N)=O)cc1)C(=O)Nc1cc(C(F)(F)F)ccc1N1CCOCC1. The highest BCUT2D eigenvalue weighted by Gasteiger charge is 2.32. The quantitative estimate of drug-likeness (QED) is 0.546. The molecule has 0 aliphatic carbocycles. The van der Waals surface area contributed by atoms with Gasteiger partial charge in [0.25, 0.3) is 5.91 Å². The van der Waals surface area contributed by atoms with Gasteiger partial charge in [-0.05, 0) is 49.4 Å². The van der Waals surface area contributed by atoms with Crippen molar-refractivity contribution >= 4 is 35.0 Å². The summed E-state index contributed by atoms with van der Waals surface area (Å²) in [7, 11) is 0. The van der Waals surface area contributed by atoms with E-state index in [0.29, 0.717) is 37.7 Å². The van der Waals surface area contributed by atoms with Crippen LogP contribution in [0.3, 0.4) is 0 Å². The third-order valence-electron chi connectivity index (χ3n) is 4.97. The Morgan fingerprint density at radius 2 is 1.71 bits per heavy atom. The van der Waals surface area contributed by atoms with Crippen LogP contribution in [0.4, 0.5) is 35.0 Å². The van der Waals surface area contributed by atoms with Gasteiger partial charge < -0.3 is 30.7 Å². The first-order valence-corrected chi connectivity index (χ1v) is 10.3. The van der Waals surface area contributed by atoms with E-state index in [0.717, 1.165) is 12.1 Å². The van der Waals surface area contributed by atoms with E-state index in [1.165, 1.54) is 37.3 Å². The number of carbonyl (C=O) groups excluding carboxylic acids is 3. The lowest BCUT2D eigenvalue weighted by Gasteiger charge is -2.31. The van der Waals surface area contributed by atoms with Crippen molar-refractivity contribution in [2.45, 2.75) is 19.2 Å². The first-order valence-electron chi connectivity index (χ1n) is 10.3. The minimum absolute atomic E-state index is 0.0495. The van der Waals surface area contributed by atoms with Gasteiger partial charge >= 0.3 is 18.2 Å². The molecule has 0 bridgehead atoms. The molecule has 1 aliphatic heterocycles. The number of nitrogens with one attached hydrogen (secondary N) is 2. The largest absolute Gasteiger partial charge is 0.449 e. The molecule has 1 fully saturated rings. The molecule has 0 spiro atoms. The van der Waals surface area contributed by atoms with Crippen LogP contribution in [-0.4, -0.2) is 50.3 Å². The number of ether oxygens (including phenoxy) is 2. The van der Waals surface area contributed by atoms with Crippen molar-refractivity contribution in [3.8, 4) is 0 Å². The van der Waals surface area contributed by atoms with Crippen LogP contribution >= 0.6 is 0 Å². The second-order valence-electron chi connectivity index (χ2n) is 7.43. The van der Waals surface area contributed by atoms with Crippen molar-refractivity contribution in [3.05, 3.63) is 53.6 Å². The van der Waals surface area contributed by atoms with E-state index in [2.05, 4.69) is 10.6 Å². The molecule has 2 aromatic carbocycles. The lowest BCUT2D eigenvalue weighted by atomic mass is 10.1. The van der Waals surface area contributed by atoms with Gasteiger partial charge in [0.05, 0.1) is 35.7 Å². The summed E-state index contributed by atoms with van der Waals surface area (Å²) in [6.07, 6.45) is -5.90. The maximum absolute atomic E-state index is 13.3. The number of nitrogens with two attached hydrogens (primary N) is 1. The summed E-state index contributed by atoms with van der Waals surface area (Å²) in [4.78, 5) is 37.7. The Labute approximate surface area is 193 Å². The molecule has 1 saturated heterocycles. The Kier molecular flexibility index (Phi) is 7.61. The van der Waals surface area contributed by atoms with E-state index >= 15 is 0 Å². The van der Waals surface area contributed by atoms with E-state index in [4.69, 9.17) is 15.2 Å². The Balaban J connectivity index is 1.72. The zero-order valence-corrected chi connectivity index (χ0v) is 18.1. The van der Waals surface area contributed by atoms with Crippen LogP contribution in [0, 0.1) is 0 Å². The lowest BCUT2D eigenvalue weighted by Crippen LogP contribution is -2.37. The normalized spacial score (nSPS) is 14.8. The molecule has 0 aromatic heterocycles. The van der Waals surface area contributed by atoms with Crippen molar-refractivity contribution in [3.63, 3.8) is 0 Å². The maximum atomic E-state index is 13.3.